The molecule has 1 aliphatic heterocycles. The van der Waals surface area contributed by atoms with Gasteiger partial charge in [-0.25, -0.2) is 0 Å². The van der Waals surface area contributed by atoms with E-state index in [4.69, 9.17) is 14.2 Å². The Morgan fingerprint density at radius 2 is 1.00 bits per heavy atom. The lowest BCUT2D eigenvalue weighted by Crippen LogP contribution is -2.40. The highest BCUT2D eigenvalue weighted by molar-refractivity contribution is 5.97. The third kappa shape index (κ3) is 30.8. The molecule has 344 valence electrons. The molecule has 1 heterocycles. The van der Waals surface area contributed by atoms with Gasteiger partial charge in [-0.2, -0.15) is 0 Å². The van der Waals surface area contributed by atoms with Gasteiger partial charge in [0, 0.05) is 25.9 Å². The van der Waals surface area contributed by atoms with Crippen molar-refractivity contribution < 1.29 is 33.4 Å². The molecule has 1 unspecified atom stereocenters. The topological polar surface area (TPSA) is 102 Å². The van der Waals surface area contributed by atoms with Gasteiger partial charge in [0.2, 0.25) is 0 Å². The van der Waals surface area contributed by atoms with Gasteiger partial charge in [0.05, 0.1) is 24.3 Å². The van der Waals surface area contributed by atoms with Gasteiger partial charge < -0.3 is 24.0 Å². The molecule has 0 N–H and O–H groups in total. The van der Waals surface area contributed by atoms with Crippen molar-refractivity contribution in [1.82, 2.24) is 9.80 Å². The molecule has 1 aliphatic rings. The van der Waals surface area contributed by atoms with E-state index in [9.17, 15) is 19.2 Å². The third-order valence-electron chi connectivity index (χ3n) is 10.4. The average Bonchev–Trinajstić information content (AvgIpc) is 3.23. The van der Waals surface area contributed by atoms with Crippen LogP contribution in [0.4, 0.5) is 0 Å². The standard InChI is InChI=1S/C52H84N2O7/c1-7-9-11-13-15-17-19-21-23-25-27-29-31-33-35-37-47(55)45-43-46(48(56)38-36-34-32-30-28-26-24-22-20-18-16-14-12-10-8-2)52(61-51(58)40-42-54(5)6)60-49(45)44-59-50(57)39-41-53(3)4/h9-12,15-18,21-24,45,49H,7-8,13-14,19-20,25-44H2,1-6H3/b11-9-,12-10-,17-15-,18-16-,23-21-,24-22-/t45?,49-/m1/s1. The molecular formula is C52H84N2O7. The summed E-state index contributed by atoms with van der Waals surface area (Å²) < 4.78 is 17.6. The van der Waals surface area contributed by atoms with E-state index in [1.807, 2.05) is 38.0 Å². The summed E-state index contributed by atoms with van der Waals surface area (Å²) in [5.74, 6) is -1.92. The van der Waals surface area contributed by atoms with E-state index in [2.05, 4.69) is 86.8 Å². The first kappa shape index (κ1) is 55.2. The molecule has 0 amide bonds. The number of carbonyl (C=O) groups is 4. The zero-order valence-electron chi connectivity index (χ0n) is 39.2. The van der Waals surface area contributed by atoms with E-state index < -0.39 is 24.0 Å². The summed E-state index contributed by atoms with van der Waals surface area (Å²) in [4.78, 5) is 57.1. The van der Waals surface area contributed by atoms with Crippen LogP contribution in [-0.4, -0.2) is 87.3 Å². The zero-order valence-corrected chi connectivity index (χ0v) is 39.2. The first-order valence-electron chi connectivity index (χ1n) is 23.6. The Balaban J connectivity index is 2.84. The number of ether oxygens (including phenoxy) is 3. The summed E-state index contributed by atoms with van der Waals surface area (Å²) in [5.41, 5.74) is 0.254. The lowest BCUT2D eigenvalue weighted by atomic mass is 9.84. The van der Waals surface area contributed by atoms with Crippen molar-refractivity contribution in [2.75, 3.05) is 47.9 Å². The quantitative estimate of drug-likeness (QED) is 0.0343. The molecule has 2 atom stereocenters. The number of esters is 2. The molecule has 0 spiro atoms. The van der Waals surface area contributed by atoms with Crippen molar-refractivity contribution in [3.63, 3.8) is 0 Å². The first-order chi connectivity index (χ1) is 29.6. The molecule has 0 saturated carbocycles. The Hall–Kier alpha value is -3.82. The van der Waals surface area contributed by atoms with Crippen molar-refractivity contribution in [3.05, 3.63) is 84.4 Å². The fraction of sp³-hybridized carbons (Fsp3) is 0.654. The summed E-state index contributed by atoms with van der Waals surface area (Å²) in [5, 5.41) is 0. The fourth-order valence-corrected chi connectivity index (χ4v) is 6.70. The van der Waals surface area contributed by atoms with Crippen LogP contribution in [0, 0.1) is 5.92 Å². The summed E-state index contributed by atoms with van der Waals surface area (Å²) in [6, 6.07) is 0. The van der Waals surface area contributed by atoms with E-state index in [1.54, 1.807) is 0 Å². The zero-order chi connectivity index (χ0) is 44.8. The van der Waals surface area contributed by atoms with Crippen LogP contribution in [0.15, 0.2) is 84.4 Å². The number of rotatable bonds is 37. The maximum atomic E-state index is 13.9. The van der Waals surface area contributed by atoms with Crippen molar-refractivity contribution in [2.45, 2.75) is 168 Å². The van der Waals surface area contributed by atoms with Crippen molar-refractivity contribution in [1.29, 1.82) is 0 Å². The molecule has 1 rings (SSSR count). The number of hydrogen-bond acceptors (Lipinski definition) is 9. The normalized spacial score (nSPS) is 16.2. The lowest BCUT2D eigenvalue weighted by molar-refractivity contribution is -0.161. The summed E-state index contributed by atoms with van der Waals surface area (Å²) in [7, 11) is 7.49. The molecular weight excluding hydrogens is 765 g/mol. The highest BCUT2D eigenvalue weighted by Crippen LogP contribution is 2.34. The Labute approximate surface area is 371 Å². The molecule has 0 aliphatic carbocycles. The van der Waals surface area contributed by atoms with Gasteiger partial charge in [-0.1, -0.05) is 125 Å². The summed E-state index contributed by atoms with van der Waals surface area (Å²) in [6.07, 6.45) is 44.6. The van der Waals surface area contributed by atoms with Crippen LogP contribution in [0.2, 0.25) is 0 Å². The van der Waals surface area contributed by atoms with Gasteiger partial charge >= 0.3 is 11.9 Å². The SMILES string of the molecule is CC/C=C\C/C=C\C/C=C\CCCCCCCC(=O)C1=C(OC(=O)CCN(C)C)O[C@H](COC(=O)CCN(C)C)C(C(=O)CCCCCCC/C=C\C/C=C\C/C=C\CC)C1. The molecule has 0 aromatic carbocycles. The van der Waals surface area contributed by atoms with Crippen LogP contribution in [-0.2, 0) is 33.4 Å². The van der Waals surface area contributed by atoms with Gasteiger partial charge in [0.15, 0.2) is 5.78 Å². The smallest absolute Gasteiger partial charge is 0.314 e. The van der Waals surface area contributed by atoms with Crippen LogP contribution >= 0.6 is 0 Å². The van der Waals surface area contributed by atoms with Gasteiger partial charge in [0.25, 0.3) is 5.95 Å². The van der Waals surface area contributed by atoms with Gasteiger partial charge in [0.1, 0.15) is 18.5 Å². The van der Waals surface area contributed by atoms with Gasteiger partial charge in [-0.05, 0) is 112 Å². The Morgan fingerprint density at radius 3 is 1.51 bits per heavy atom. The minimum atomic E-state index is -0.855. The summed E-state index contributed by atoms with van der Waals surface area (Å²) in [6.45, 7) is 5.12. The van der Waals surface area contributed by atoms with Crippen molar-refractivity contribution in [3.8, 4) is 0 Å². The van der Waals surface area contributed by atoms with Crippen LogP contribution in [0.1, 0.15) is 162 Å². The van der Waals surface area contributed by atoms with Crippen LogP contribution in [0.3, 0.4) is 0 Å². The molecule has 0 fully saturated rings. The number of nitrogens with zero attached hydrogens (tertiary/aromatic N) is 2. The molecule has 9 nitrogen and oxygen atoms in total. The first-order valence-corrected chi connectivity index (χ1v) is 23.6. The van der Waals surface area contributed by atoms with Crippen LogP contribution in [0.25, 0.3) is 0 Å². The molecule has 0 radical (unpaired) electrons. The fourth-order valence-electron chi connectivity index (χ4n) is 6.70. The second-order valence-electron chi connectivity index (χ2n) is 16.6. The maximum Gasteiger partial charge on any atom is 0.314 e. The molecule has 0 aromatic heterocycles. The summed E-state index contributed by atoms with van der Waals surface area (Å²) >= 11 is 0. The predicted octanol–water partition coefficient (Wildman–Crippen LogP) is 11.9. The van der Waals surface area contributed by atoms with Crippen molar-refractivity contribution >= 4 is 23.5 Å². The Bertz CT molecular complexity index is 1420. The second kappa shape index (κ2) is 37.9. The third-order valence-corrected chi connectivity index (χ3v) is 10.4. The van der Waals surface area contributed by atoms with Gasteiger partial charge in [-0.3, -0.25) is 19.2 Å². The number of allylic oxidation sites excluding steroid dienone is 13. The minimum absolute atomic E-state index is 0.0204. The largest absolute Gasteiger partial charge is 0.462 e. The Morgan fingerprint density at radius 1 is 0.557 bits per heavy atom. The maximum absolute atomic E-state index is 13.9. The molecule has 61 heavy (non-hydrogen) atoms. The van der Waals surface area contributed by atoms with E-state index in [-0.39, 0.29) is 55.4 Å². The number of carbonyl (C=O) groups excluding carboxylic acids is 4. The minimum Gasteiger partial charge on any atom is -0.462 e. The predicted molar refractivity (Wildman–Crippen MR) is 252 cm³/mol. The second-order valence-corrected chi connectivity index (χ2v) is 16.6. The highest BCUT2D eigenvalue weighted by Gasteiger charge is 2.40. The van der Waals surface area contributed by atoms with E-state index in [0.717, 1.165) is 109 Å². The highest BCUT2D eigenvalue weighted by atomic mass is 16.7. The van der Waals surface area contributed by atoms with E-state index in [1.165, 1.54) is 0 Å². The van der Waals surface area contributed by atoms with E-state index in [0.29, 0.717) is 25.9 Å². The molecule has 9 heteroatoms. The number of hydrogen-bond donors (Lipinski definition) is 0. The number of ketones is 2. The average molecular weight is 849 g/mol. The monoisotopic (exact) mass is 849 g/mol. The van der Waals surface area contributed by atoms with Gasteiger partial charge in [-0.15, -0.1) is 0 Å². The number of unbranched alkanes of at least 4 members (excludes halogenated alkanes) is 10. The molecule has 0 aromatic rings. The lowest BCUT2D eigenvalue weighted by Gasteiger charge is -2.33. The number of Topliss-reactive ketones (excluding diaryl/α,β-unsaturated/α-hetero) is 2. The molecule has 0 bridgehead atoms. The van der Waals surface area contributed by atoms with E-state index >= 15 is 0 Å². The van der Waals surface area contributed by atoms with Crippen LogP contribution < -0.4 is 0 Å². The van der Waals surface area contributed by atoms with Crippen molar-refractivity contribution in [2.24, 2.45) is 5.92 Å². The molecule has 0 saturated heterocycles. The Kier molecular flexibility index (Phi) is 34.3. The van der Waals surface area contributed by atoms with Crippen LogP contribution in [0.5, 0.6) is 0 Å².